The van der Waals surface area contributed by atoms with Gasteiger partial charge in [0.2, 0.25) is 0 Å². The third-order valence-corrected chi connectivity index (χ3v) is 2.65. The average molecular weight is 255 g/mol. The van der Waals surface area contributed by atoms with E-state index in [-0.39, 0.29) is 5.75 Å². The molecule has 0 saturated heterocycles. The zero-order valence-corrected chi connectivity index (χ0v) is 9.26. The van der Waals surface area contributed by atoms with Crippen molar-refractivity contribution in [3.8, 4) is 5.75 Å². The van der Waals surface area contributed by atoms with Crippen LogP contribution in [0.2, 0.25) is 0 Å². The lowest BCUT2D eigenvalue weighted by atomic mass is 10.1. The van der Waals surface area contributed by atoms with Crippen LogP contribution in [0.3, 0.4) is 0 Å². The fraction of sp³-hybridized carbons (Fsp3) is 0.364. The Hall–Kier alpha value is -2.18. The largest absolute Gasteiger partial charge is 0.490 e. The number of carbonyl (C=O) groups is 1. The van der Waals surface area contributed by atoms with E-state index in [9.17, 15) is 19.3 Å². The number of nitro groups is 1. The molecule has 0 aliphatic heterocycles. The van der Waals surface area contributed by atoms with E-state index >= 15 is 0 Å². The van der Waals surface area contributed by atoms with Crippen molar-refractivity contribution < 1.29 is 24.0 Å². The summed E-state index contributed by atoms with van der Waals surface area (Å²) < 4.78 is 18.6. The number of nitrogens with zero attached hydrogens (tertiary/aromatic N) is 1. The Morgan fingerprint density at radius 3 is 2.72 bits per heavy atom. The standard InChI is InChI=1S/C11H10FNO5/c12-8-4-9(13(16)17)7(11(14)15)3-10(8)18-5-6-1-2-6/h3-4,6H,1-2,5H2,(H,14,15). The smallest absolute Gasteiger partial charge is 0.342 e. The first-order valence-electron chi connectivity index (χ1n) is 5.33. The Morgan fingerprint density at radius 2 is 2.22 bits per heavy atom. The summed E-state index contributed by atoms with van der Waals surface area (Å²) in [5, 5.41) is 19.4. The number of benzene rings is 1. The zero-order chi connectivity index (χ0) is 13.3. The van der Waals surface area contributed by atoms with Gasteiger partial charge in [-0.2, -0.15) is 0 Å². The predicted molar refractivity (Wildman–Crippen MR) is 58.2 cm³/mol. The number of carboxylic acids is 1. The van der Waals surface area contributed by atoms with Crippen LogP contribution in [-0.2, 0) is 0 Å². The molecule has 0 spiro atoms. The van der Waals surface area contributed by atoms with E-state index in [1.165, 1.54) is 0 Å². The van der Waals surface area contributed by atoms with Crippen molar-refractivity contribution in [1.29, 1.82) is 0 Å². The van der Waals surface area contributed by atoms with Gasteiger partial charge in [-0.25, -0.2) is 9.18 Å². The van der Waals surface area contributed by atoms with Crippen LogP contribution >= 0.6 is 0 Å². The second-order valence-electron chi connectivity index (χ2n) is 4.12. The molecule has 1 aliphatic rings. The Kier molecular flexibility index (Phi) is 3.14. The first kappa shape index (κ1) is 12.3. The van der Waals surface area contributed by atoms with Crippen molar-refractivity contribution in [2.24, 2.45) is 5.92 Å². The monoisotopic (exact) mass is 255 g/mol. The van der Waals surface area contributed by atoms with Crippen molar-refractivity contribution in [2.75, 3.05) is 6.61 Å². The number of rotatable bonds is 5. The molecule has 7 heteroatoms. The molecule has 1 fully saturated rings. The maximum Gasteiger partial charge on any atom is 0.342 e. The van der Waals surface area contributed by atoms with Gasteiger partial charge in [-0.3, -0.25) is 10.1 Å². The second-order valence-corrected chi connectivity index (χ2v) is 4.12. The number of aromatic carboxylic acids is 1. The third-order valence-electron chi connectivity index (χ3n) is 2.65. The minimum Gasteiger partial charge on any atom is -0.490 e. The summed E-state index contributed by atoms with van der Waals surface area (Å²) in [7, 11) is 0. The maximum atomic E-state index is 13.5. The highest BCUT2D eigenvalue weighted by Gasteiger charge is 2.26. The van der Waals surface area contributed by atoms with Gasteiger partial charge in [0.15, 0.2) is 11.6 Å². The Bertz CT molecular complexity index is 512. The lowest BCUT2D eigenvalue weighted by Crippen LogP contribution is -2.07. The molecule has 0 atom stereocenters. The molecule has 0 bridgehead atoms. The highest BCUT2D eigenvalue weighted by Crippen LogP contribution is 2.32. The molecule has 2 rings (SSSR count). The fourth-order valence-electron chi connectivity index (χ4n) is 1.47. The normalized spacial score (nSPS) is 14.3. The zero-order valence-electron chi connectivity index (χ0n) is 9.26. The van der Waals surface area contributed by atoms with E-state index in [1.807, 2.05) is 0 Å². The quantitative estimate of drug-likeness (QED) is 0.643. The molecule has 1 aromatic carbocycles. The number of nitro benzene ring substituents is 1. The molecule has 6 nitrogen and oxygen atoms in total. The van der Waals surface area contributed by atoms with Gasteiger partial charge in [0.1, 0.15) is 5.56 Å². The number of ether oxygens (including phenoxy) is 1. The van der Waals surface area contributed by atoms with Gasteiger partial charge in [0, 0.05) is 6.07 Å². The van der Waals surface area contributed by atoms with Gasteiger partial charge in [-0.05, 0) is 18.8 Å². The fourth-order valence-corrected chi connectivity index (χ4v) is 1.47. The number of hydrogen-bond acceptors (Lipinski definition) is 4. The number of carboxylic acid groups (broad SMARTS) is 1. The summed E-state index contributed by atoms with van der Waals surface area (Å²) >= 11 is 0. The van der Waals surface area contributed by atoms with Crippen LogP contribution in [0.4, 0.5) is 10.1 Å². The summed E-state index contributed by atoms with van der Waals surface area (Å²) in [6.07, 6.45) is 2.00. The Labute approximate surface area is 101 Å². The SMILES string of the molecule is O=C(O)c1cc(OCC2CC2)c(F)cc1[N+](=O)[O-]. The van der Waals surface area contributed by atoms with Crippen LogP contribution in [0.1, 0.15) is 23.2 Å². The summed E-state index contributed by atoms with van der Waals surface area (Å²) in [5.41, 5.74) is -1.36. The van der Waals surface area contributed by atoms with Crippen molar-refractivity contribution in [2.45, 2.75) is 12.8 Å². The molecule has 1 aliphatic carbocycles. The minimum atomic E-state index is -1.49. The molecule has 0 unspecified atom stereocenters. The number of hydrogen-bond donors (Lipinski definition) is 1. The maximum absolute atomic E-state index is 13.5. The van der Waals surface area contributed by atoms with Gasteiger partial charge in [0.05, 0.1) is 17.6 Å². The summed E-state index contributed by atoms with van der Waals surface area (Å²) in [5.74, 6) is -2.30. The Morgan fingerprint density at radius 1 is 1.56 bits per heavy atom. The molecule has 0 amide bonds. The van der Waals surface area contributed by atoms with E-state index in [0.29, 0.717) is 18.6 Å². The molecule has 0 aromatic heterocycles. The van der Waals surface area contributed by atoms with Crippen molar-refractivity contribution in [3.05, 3.63) is 33.6 Å². The predicted octanol–water partition coefficient (Wildman–Crippen LogP) is 2.22. The lowest BCUT2D eigenvalue weighted by Gasteiger charge is -2.07. The van der Waals surface area contributed by atoms with E-state index in [2.05, 4.69) is 0 Å². The van der Waals surface area contributed by atoms with Gasteiger partial charge in [-0.15, -0.1) is 0 Å². The molecule has 0 heterocycles. The van der Waals surface area contributed by atoms with Crippen LogP contribution < -0.4 is 4.74 Å². The highest BCUT2D eigenvalue weighted by molar-refractivity contribution is 5.92. The molecule has 18 heavy (non-hydrogen) atoms. The summed E-state index contributed by atoms with van der Waals surface area (Å²) in [6.45, 7) is 0.299. The van der Waals surface area contributed by atoms with Crippen LogP contribution in [0.25, 0.3) is 0 Å². The van der Waals surface area contributed by atoms with E-state index in [0.717, 1.165) is 18.9 Å². The number of halogens is 1. The van der Waals surface area contributed by atoms with E-state index in [4.69, 9.17) is 9.84 Å². The molecule has 1 aromatic rings. The van der Waals surface area contributed by atoms with Gasteiger partial charge in [0.25, 0.3) is 5.69 Å². The Balaban J connectivity index is 2.32. The topological polar surface area (TPSA) is 89.7 Å². The van der Waals surface area contributed by atoms with E-state index in [1.54, 1.807) is 0 Å². The van der Waals surface area contributed by atoms with Crippen molar-refractivity contribution in [1.82, 2.24) is 0 Å². The molecule has 96 valence electrons. The van der Waals surface area contributed by atoms with Crippen molar-refractivity contribution in [3.63, 3.8) is 0 Å². The lowest BCUT2D eigenvalue weighted by molar-refractivity contribution is -0.385. The van der Waals surface area contributed by atoms with Crippen LogP contribution in [0.15, 0.2) is 12.1 Å². The average Bonchev–Trinajstić information content (AvgIpc) is 3.10. The van der Waals surface area contributed by atoms with Crippen LogP contribution in [0.5, 0.6) is 5.75 Å². The van der Waals surface area contributed by atoms with Gasteiger partial charge < -0.3 is 9.84 Å². The first-order valence-corrected chi connectivity index (χ1v) is 5.33. The minimum absolute atomic E-state index is 0.259. The van der Waals surface area contributed by atoms with Crippen molar-refractivity contribution >= 4 is 11.7 Å². The molecular weight excluding hydrogens is 245 g/mol. The molecular formula is C11H10FNO5. The summed E-state index contributed by atoms with van der Waals surface area (Å²) in [4.78, 5) is 20.5. The second kappa shape index (κ2) is 4.59. The van der Waals surface area contributed by atoms with Crippen LogP contribution in [-0.4, -0.2) is 22.6 Å². The third kappa shape index (κ3) is 2.55. The first-order chi connectivity index (χ1) is 8.49. The highest BCUT2D eigenvalue weighted by atomic mass is 19.1. The van der Waals surface area contributed by atoms with Crippen LogP contribution in [0, 0.1) is 21.8 Å². The van der Waals surface area contributed by atoms with E-state index < -0.39 is 28.0 Å². The molecule has 0 radical (unpaired) electrons. The summed E-state index contributed by atoms with van der Waals surface area (Å²) in [6, 6.07) is 1.43. The molecule has 1 saturated carbocycles. The molecule has 1 N–H and O–H groups in total. The van der Waals surface area contributed by atoms with Gasteiger partial charge in [-0.1, -0.05) is 0 Å². The van der Waals surface area contributed by atoms with Gasteiger partial charge >= 0.3 is 5.97 Å².